The maximum atomic E-state index is 12.9. The Kier molecular flexibility index (Phi) is 7.65. The summed E-state index contributed by atoms with van der Waals surface area (Å²) < 4.78 is 5.30. The Morgan fingerprint density at radius 3 is 2.52 bits per heavy atom. The van der Waals surface area contributed by atoms with Crippen LogP contribution in [0.5, 0.6) is 5.75 Å². The fraction of sp³-hybridized carbons (Fsp3) is 0.375. The molecule has 2 N–H and O–H groups in total. The van der Waals surface area contributed by atoms with Crippen LogP contribution in [-0.2, 0) is 16.0 Å². The third-order valence-electron chi connectivity index (χ3n) is 5.62. The summed E-state index contributed by atoms with van der Waals surface area (Å²) in [5, 5.41) is 12.4. The number of nitrogens with zero attached hydrogens (tertiary/aromatic N) is 1. The number of rotatable bonds is 8. The quantitative estimate of drug-likeness (QED) is 0.679. The first-order chi connectivity index (χ1) is 15.0. The zero-order valence-electron chi connectivity index (χ0n) is 17.6. The van der Waals surface area contributed by atoms with E-state index in [-0.39, 0.29) is 24.8 Å². The summed E-state index contributed by atoms with van der Waals surface area (Å²) >= 11 is 0. The van der Waals surface area contributed by atoms with Crippen molar-refractivity contribution in [1.82, 2.24) is 10.2 Å². The van der Waals surface area contributed by atoms with Crippen molar-refractivity contribution in [1.29, 1.82) is 0 Å². The average Bonchev–Trinajstić information content (AvgIpc) is 2.81. The van der Waals surface area contributed by atoms with Gasteiger partial charge in [-0.3, -0.25) is 14.4 Å². The van der Waals surface area contributed by atoms with Crippen LogP contribution in [0.3, 0.4) is 0 Å². The maximum absolute atomic E-state index is 12.9. The Labute approximate surface area is 182 Å². The number of amides is 2. The monoisotopic (exact) mass is 424 g/mol. The average molecular weight is 424 g/mol. The number of hydrogen-bond donors (Lipinski definition) is 2. The largest absolute Gasteiger partial charge is 0.496 e. The van der Waals surface area contributed by atoms with E-state index < -0.39 is 17.9 Å². The summed E-state index contributed by atoms with van der Waals surface area (Å²) in [4.78, 5) is 39.2. The van der Waals surface area contributed by atoms with Gasteiger partial charge in [0.2, 0.25) is 5.91 Å². The summed E-state index contributed by atoms with van der Waals surface area (Å²) in [7, 11) is 1.54. The molecule has 1 fully saturated rings. The second-order valence-electron chi connectivity index (χ2n) is 7.67. The van der Waals surface area contributed by atoms with E-state index in [1.165, 1.54) is 7.11 Å². The SMILES string of the molecule is COc1ccccc1C[C@@H](CNC(=O)[C@H]1CCCCN1C(=O)c1ccccc1)C(=O)O. The number of hydrogen-bond acceptors (Lipinski definition) is 4. The van der Waals surface area contributed by atoms with Gasteiger partial charge in [0.1, 0.15) is 11.8 Å². The fourth-order valence-corrected chi connectivity index (χ4v) is 3.92. The lowest BCUT2D eigenvalue weighted by atomic mass is 9.97. The number of aliphatic carboxylic acids is 1. The molecular weight excluding hydrogens is 396 g/mol. The molecule has 2 aromatic rings. The molecule has 31 heavy (non-hydrogen) atoms. The third-order valence-corrected chi connectivity index (χ3v) is 5.62. The van der Waals surface area contributed by atoms with Gasteiger partial charge in [0.15, 0.2) is 0 Å². The number of methoxy groups -OCH3 is 1. The summed E-state index contributed by atoms with van der Waals surface area (Å²) in [5.41, 5.74) is 1.31. The number of carboxylic acid groups (broad SMARTS) is 1. The van der Waals surface area contributed by atoms with Crippen LogP contribution < -0.4 is 10.1 Å². The predicted octanol–water partition coefficient (Wildman–Crippen LogP) is 2.75. The van der Waals surface area contributed by atoms with Crippen molar-refractivity contribution in [2.75, 3.05) is 20.2 Å². The molecule has 0 aliphatic carbocycles. The van der Waals surface area contributed by atoms with Crippen LogP contribution in [0.4, 0.5) is 0 Å². The van der Waals surface area contributed by atoms with Gasteiger partial charge in [-0.05, 0) is 49.4 Å². The molecule has 2 aromatic carbocycles. The number of ether oxygens (including phenoxy) is 1. The zero-order chi connectivity index (χ0) is 22.2. The molecule has 164 valence electrons. The molecular formula is C24H28N2O5. The van der Waals surface area contributed by atoms with Crippen LogP contribution in [0.1, 0.15) is 35.2 Å². The molecule has 0 unspecified atom stereocenters. The molecule has 0 spiro atoms. The standard InChI is InChI=1S/C24H28N2O5/c1-31-21-13-6-5-11-18(21)15-19(24(29)30)16-25-22(27)20-12-7-8-14-26(20)23(28)17-9-3-2-4-10-17/h2-6,9-11,13,19-20H,7-8,12,14-16H2,1H3,(H,25,27)(H,29,30)/t19-,20+/m0/s1. The Balaban J connectivity index is 1.66. The van der Waals surface area contributed by atoms with Crippen molar-refractivity contribution >= 4 is 17.8 Å². The lowest BCUT2D eigenvalue weighted by molar-refractivity contribution is -0.141. The molecule has 3 rings (SSSR count). The van der Waals surface area contributed by atoms with Crippen LogP contribution in [0.15, 0.2) is 54.6 Å². The molecule has 2 atom stereocenters. The highest BCUT2D eigenvalue weighted by molar-refractivity contribution is 5.97. The Morgan fingerprint density at radius 1 is 1.10 bits per heavy atom. The van der Waals surface area contributed by atoms with Crippen molar-refractivity contribution in [3.8, 4) is 5.75 Å². The van der Waals surface area contributed by atoms with E-state index in [2.05, 4.69) is 5.32 Å². The molecule has 7 heteroatoms. The predicted molar refractivity (Wildman–Crippen MR) is 116 cm³/mol. The van der Waals surface area contributed by atoms with Gasteiger partial charge in [0, 0.05) is 18.7 Å². The molecule has 0 saturated carbocycles. The molecule has 2 amide bonds. The molecule has 1 aliphatic heterocycles. The molecule has 0 aromatic heterocycles. The van der Waals surface area contributed by atoms with Crippen molar-refractivity contribution < 1.29 is 24.2 Å². The molecule has 7 nitrogen and oxygen atoms in total. The minimum absolute atomic E-state index is 0.0178. The van der Waals surface area contributed by atoms with E-state index in [0.717, 1.165) is 18.4 Å². The number of carbonyl (C=O) groups is 3. The van der Waals surface area contributed by atoms with Gasteiger partial charge in [-0.2, -0.15) is 0 Å². The van der Waals surface area contributed by atoms with Crippen molar-refractivity contribution in [2.45, 2.75) is 31.7 Å². The fourth-order valence-electron chi connectivity index (χ4n) is 3.92. The number of carboxylic acids is 1. The maximum Gasteiger partial charge on any atom is 0.308 e. The van der Waals surface area contributed by atoms with E-state index in [9.17, 15) is 19.5 Å². The highest BCUT2D eigenvalue weighted by atomic mass is 16.5. The topological polar surface area (TPSA) is 95.9 Å². The Hall–Kier alpha value is -3.35. The van der Waals surface area contributed by atoms with Crippen molar-refractivity contribution in [3.05, 3.63) is 65.7 Å². The first-order valence-electron chi connectivity index (χ1n) is 10.5. The number of benzene rings is 2. The van der Waals surface area contributed by atoms with Gasteiger partial charge in [-0.15, -0.1) is 0 Å². The number of para-hydroxylation sites is 1. The van der Waals surface area contributed by atoms with Gasteiger partial charge >= 0.3 is 5.97 Å². The summed E-state index contributed by atoms with van der Waals surface area (Å²) in [6, 6.07) is 15.5. The summed E-state index contributed by atoms with van der Waals surface area (Å²) in [6.07, 6.45) is 2.49. The molecule has 0 bridgehead atoms. The van der Waals surface area contributed by atoms with Gasteiger partial charge in [-0.25, -0.2) is 0 Å². The van der Waals surface area contributed by atoms with Gasteiger partial charge in [0.25, 0.3) is 5.91 Å². The molecule has 1 saturated heterocycles. The van der Waals surface area contributed by atoms with Crippen LogP contribution in [0.25, 0.3) is 0 Å². The Bertz CT molecular complexity index is 915. The third kappa shape index (κ3) is 5.63. The highest BCUT2D eigenvalue weighted by Crippen LogP contribution is 2.22. The normalized spacial score (nSPS) is 16.9. The van der Waals surface area contributed by atoms with E-state index in [0.29, 0.717) is 24.3 Å². The van der Waals surface area contributed by atoms with Gasteiger partial charge < -0.3 is 20.1 Å². The minimum atomic E-state index is -0.993. The van der Waals surface area contributed by atoms with E-state index in [1.54, 1.807) is 35.2 Å². The van der Waals surface area contributed by atoms with Crippen LogP contribution >= 0.6 is 0 Å². The van der Waals surface area contributed by atoms with Gasteiger partial charge in [0.05, 0.1) is 13.0 Å². The summed E-state index contributed by atoms with van der Waals surface area (Å²) in [5.74, 6) is -1.67. The van der Waals surface area contributed by atoms with Gasteiger partial charge in [-0.1, -0.05) is 36.4 Å². The molecule has 1 heterocycles. The number of likely N-dealkylation sites (tertiary alicyclic amines) is 1. The minimum Gasteiger partial charge on any atom is -0.496 e. The number of carbonyl (C=O) groups excluding carboxylic acids is 2. The second kappa shape index (κ2) is 10.6. The highest BCUT2D eigenvalue weighted by Gasteiger charge is 2.33. The first kappa shape index (κ1) is 22.3. The summed E-state index contributed by atoms with van der Waals surface area (Å²) in [6.45, 7) is 0.492. The van der Waals surface area contributed by atoms with Crippen LogP contribution in [-0.4, -0.2) is 54.0 Å². The smallest absolute Gasteiger partial charge is 0.308 e. The lowest BCUT2D eigenvalue weighted by Gasteiger charge is -2.35. The van der Waals surface area contributed by atoms with E-state index >= 15 is 0 Å². The van der Waals surface area contributed by atoms with Crippen molar-refractivity contribution in [2.24, 2.45) is 5.92 Å². The van der Waals surface area contributed by atoms with Crippen molar-refractivity contribution in [3.63, 3.8) is 0 Å². The molecule has 0 radical (unpaired) electrons. The number of piperidine rings is 1. The Morgan fingerprint density at radius 2 is 1.81 bits per heavy atom. The zero-order valence-corrected chi connectivity index (χ0v) is 17.6. The molecule has 1 aliphatic rings. The van der Waals surface area contributed by atoms with E-state index in [4.69, 9.17) is 4.74 Å². The van der Waals surface area contributed by atoms with Crippen LogP contribution in [0, 0.1) is 5.92 Å². The van der Waals surface area contributed by atoms with E-state index in [1.807, 2.05) is 24.3 Å². The second-order valence-corrected chi connectivity index (χ2v) is 7.67. The number of nitrogens with one attached hydrogen (secondary N) is 1. The first-order valence-corrected chi connectivity index (χ1v) is 10.5. The van der Waals surface area contributed by atoms with Crippen LogP contribution in [0.2, 0.25) is 0 Å². The lowest BCUT2D eigenvalue weighted by Crippen LogP contribution is -2.52.